The van der Waals surface area contributed by atoms with Gasteiger partial charge in [0, 0.05) is 47.2 Å². The van der Waals surface area contributed by atoms with E-state index in [0.29, 0.717) is 33.7 Å². The monoisotopic (exact) mass is 518 g/mol. The molecule has 0 radical (unpaired) electrons. The zero-order chi connectivity index (χ0) is 26.2. The minimum absolute atomic E-state index is 0.318. The molecule has 8 nitrogen and oxygen atoms in total. The van der Waals surface area contributed by atoms with E-state index in [1.165, 1.54) is 31.7 Å². The third kappa shape index (κ3) is 4.55. The van der Waals surface area contributed by atoms with E-state index in [1.54, 1.807) is 36.8 Å². The first kappa shape index (κ1) is 23.6. The molecular weight excluding hydrogens is 491 g/mol. The number of benzene rings is 1. The van der Waals surface area contributed by atoms with Gasteiger partial charge >= 0.3 is 0 Å². The topological polar surface area (TPSA) is 108 Å². The molecule has 7 rings (SSSR count). The van der Waals surface area contributed by atoms with Crippen molar-refractivity contribution in [3.63, 3.8) is 0 Å². The summed E-state index contributed by atoms with van der Waals surface area (Å²) < 4.78 is 14.6. The van der Waals surface area contributed by atoms with E-state index in [1.807, 2.05) is 18.5 Å². The first-order valence-electron chi connectivity index (χ1n) is 13.3. The summed E-state index contributed by atoms with van der Waals surface area (Å²) in [4.78, 5) is 21.6. The molecule has 3 N–H and O–H groups in total. The molecule has 9 heteroatoms. The molecule has 6 aromatic rings. The second-order valence-corrected chi connectivity index (χ2v) is 10.2. The molecular formula is C30H27FN8. The van der Waals surface area contributed by atoms with Crippen molar-refractivity contribution in [2.45, 2.75) is 32.2 Å². The molecule has 0 spiro atoms. The summed E-state index contributed by atoms with van der Waals surface area (Å²) in [7, 11) is 0. The lowest BCUT2D eigenvalue weighted by molar-refractivity contribution is 0.489. The van der Waals surface area contributed by atoms with Crippen molar-refractivity contribution in [1.82, 2.24) is 40.4 Å². The first-order chi connectivity index (χ1) is 19.2. The molecule has 1 aliphatic carbocycles. The third-order valence-electron chi connectivity index (χ3n) is 7.56. The van der Waals surface area contributed by atoms with Gasteiger partial charge in [0.15, 0.2) is 5.82 Å². The largest absolute Gasteiger partial charge is 0.335 e. The lowest BCUT2D eigenvalue weighted by Gasteiger charge is -2.11. The van der Waals surface area contributed by atoms with Crippen LogP contribution in [0.4, 0.5) is 4.39 Å². The van der Waals surface area contributed by atoms with Crippen molar-refractivity contribution >= 4 is 21.9 Å². The molecule has 0 atom stereocenters. The quantitative estimate of drug-likeness (QED) is 0.238. The molecule has 1 aliphatic rings. The molecule has 1 saturated carbocycles. The average molecular weight is 519 g/mol. The van der Waals surface area contributed by atoms with Crippen molar-refractivity contribution in [3.05, 3.63) is 78.8 Å². The van der Waals surface area contributed by atoms with E-state index in [-0.39, 0.29) is 5.82 Å². The smallest absolute Gasteiger partial charge is 0.159 e. The van der Waals surface area contributed by atoms with E-state index >= 15 is 0 Å². The van der Waals surface area contributed by atoms with E-state index in [2.05, 4.69) is 41.5 Å². The number of halogens is 1. The number of fused-ring (bicyclic) bond motifs is 2. The molecule has 194 valence electrons. The van der Waals surface area contributed by atoms with Crippen LogP contribution >= 0.6 is 0 Å². The Balaban J connectivity index is 1.21. The summed E-state index contributed by atoms with van der Waals surface area (Å²) >= 11 is 0. The Morgan fingerprint density at radius 1 is 0.923 bits per heavy atom. The fourth-order valence-electron chi connectivity index (χ4n) is 5.54. The minimum Gasteiger partial charge on any atom is -0.335 e. The highest BCUT2D eigenvalue weighted by Crippen LogP contribution is 2.33. The van der Waals surface area contributed by atoms with E-state index < -0.39 is 0 Å². The zero-order valence-corrected chi connectivity index (χ0v) is 21.3. The fraction of sp³-hybridized carbons (Fsp3) is 0.233. The van der Waals surface area contributed by atoms with E-state index in [0.717, 1.165) is 46.7 Å². The summed E-state index contributed by atoms with van der Waals surface area (Å²) in [6.45, 7) is 1.84. The van der Waals surface area contributed by atoms with Gasteiger partial charge in [0.1, 0.15) is 17.0 Å². The van der Waals surface area contributed by atoms with Crippen LogP contribution in [-0.4, -0.2) is 41.7 Å². The van der Waals surface area contributed by atoms with Crippen LogP contribution < -0.4 is 5.32 Å². The number of rotatable bonds is 7. The Labute approximate surface area is 224 Å². The molecule has 1 fully saturated rings. The number of imidazole rings is 1. The van der Waals surface area contributed by atoms with Crippen LogP contribution in [-0.2, 0) is 6.54 Å². The molecule has 0 aliphatic heterocycles. The Morgan fingerprint density at radius 3 is 2.69 bits per heavy atom. The normalized spacial score (nSPS) is 14.1. The van der Waals surface area contributed by atoms with Gasteiger partial charge in [0.2, 0.25) is 0 Å². The van der Waals surface area contributed by atoms with Crippen molar-refractivity contribution < 1.29 is 4.39 Å². The SMILES string of the molecule is Fc1ccccc1-c1cncc2[nH]c(-c3n[nH]c4cnc(-c5cncc(CNCC6CCCC6)c5)cc34)nc12. The number of hydrogen-bond donors (Lipinski definition) is 3. The molecule has 39 heavy (non-hydrogen) atoms. The molecule has 1 aromatic carbocycles. The molecule has 0 unspecified atom stereocenters. The second-order valence-electron chi connectivity index (χ2n) is 10.2. The number of hydrogen-bond acceptors (Lipinski definition) is 6. The standard InChI is InChI=1S/C30H27FN8/c31-24-8-4-3-7-21(24)23-15-34-16-27-28(23)37-30(36-27)29-22-10-25(35-17-26(22)38-39-29)20-9-19(13-33-14-20)12-32-11-18-5-1-2-6-18/h3-4,7-10,13-18,32H,1-2,5-6,11-12H2,(H,36,37)(H,38,39). The number of H-pyrrole nitrogens is 2. The van der Waals surface area contributed by atoms with Crippen LogP contribution in [0, 0.1) is 11.7 Å². The van der Waals surface area contributed by atoms with Gasteiger partial charge < -0.3 is 10.3 Å². The zero-order valence-electron chi connectivity index (χ0n) is 21.3. The van der Waals surface area contributed by atoms with E-state index in [9.17, 15) is 4.39 Å². The van der Waals surface area contributed by atoms with E-state index in [4.69, 9.17) is 4.98 Å². The second kappa shape index (κ2) is 9.99. The fourth-order valence-corrected chi connectivity index (χ4v) is 5.54. The molecule has 0 amide bonds. The maximum absolute atomic E-state index is 14.6. The van der Waals surface area contributed by atoms with Crippen molar-refractivity contribution in [3.8, 4) is 33.9 Å². The lowest BCUT2D eigenvalue weighted by Crippen LogP contribution is -2.20. The number of aromatic nitrogens is 7. The Hall–Kier alpha value is -4.50. The van der Waals surface area contributed by atoms with Gasteiger partial charge in [-0.1, -0.05) is 31.0 Å². The summed E-state index contributed by atoms with van der Waals surface area (Å²) in [6, 6.07) is 10.8. The summed E-state index contributed by atoms with van der Waals surface area (Å²) in [6.07, 6.45) is 14.2. The van der Waals surface area contributed by atoms with Gasteiger partial charge in [0.25, 0.3) is 0 Å². The lowest BCUT2D eigenvalue weighted by atomic mass is 10.1. The van der Waals surface area contributed by atoms with Crippen LogP contribution in [0.1, 0.15) is 31.2 Å². The maximum atomic E-state index is 14.6. The van der Waals surface area contributed by atoms with Gasteiger partial charge in [0.05, 0.1) is 29.1 Å². The number of pyridine rings is 3. The Morgan fingerprint density at radius 2 is 1.79 bits per heavy atom. The summed E-state index contributed by atoms with van der Waals surface area (Å²) in [5.41, 5.74) is 6.76. The van der Waals surface area contributed by atoms with Gasteiger partial charge in [-0.2, -0.15) is 5.10 Å². The highest BCUT2D eigenvalue weighted by molar-refractivity contribution is 5.97. The van der Waals surface area contributed by atoms with Gasteiger partial charge in [-0.25, -0.2) is 9.37 Å². The van der Waals surface area contributed by atoms with Crippen LogP contribution in [0.5, 0.6) is 0 Å². The number of nitrogens with one attached hydrogen (secondary N) is 3. The Bertz CT molecular complexity index is 1780. The van der Waals surface area contributed by atoms with Crippen molar-refractivity contribution in [2.75, 3.05) is 6.54 Å². The average Bonchev–Trinajstić information content (AvgIpc) is 3.73. The molecule has 0 saturated heterocycles. The number of nitrogens with zero attached hydrogens (tertiary/aromatic N) is 5. The first-order valence-corrected chi connectivity index (χ1v) is 13.3. The molecule has 5 aromatic heterocycles. The van der Waals surface area contributed by atoms with Crippen molar-refractivity contribution in [2.24, 2.45) is 5.92 Å². The highest BCUT2D eigenvalue weighted by Gasteiger charge is 2.18. The Kier molecular flexibility index (Phi) is 6.05. The van der Waals surface area contributed by atoms with Gasteiger partial charge in [-0.15, -0.1) is 0 Å². The number of aromatic amines is 2. The van der Waals surface area contributed by atoms with Crippen molar-refractivity contribution in [1.29, 1.82) is 0 Å². The van der Waals surface area contributed by atoms with Crippen LogP contribution in [0.3, 0.4) is 0 Å². The predicted molar refractivity (Wildman–Crippen MR) is 149 cm³/mol. The van der Waals surface area contributed by atoms with Gasteiger partial charge in [-0.3, -0.25) is 20.1 Å². The summed E-state index contributed by atoms with van der Waals surface area (Å²) in [5, 5.41) is 12.1. The summed E-state index contributed by atoms with van der Waals surface area (Å²) in [5.74, 6) is 1.05. The predicted octanol–water partition coefficient (Wildman–Crippen LogP) is 6.04. The maximum Gasteiger partial charge on any atom is 0.159 e. The minimum atomic E-state index is -0.318. The van der Waals surface area contributed by atoms with Crippen LogP contribution in [0.15, 0.2) is 67.4 Å². The third-order valence-corrected chi connectivity index (χ3v) is 7.56. The van der Waals surface area contributed by atoms with Crippen LogP contribution in [0.25, 0.3) is 55.8 Å². The molecule has 5 heterocycles. The van der Waals surface area contributed by atoms with Gasteiger partial charge in [-0.05, 0) is 49.1 Å². The highest BCUT2D eigenvalue weighted by atomic mass is 19.1. The molecule has 0 bridgehead atoms. The van der Waals surface area contributed by atoms with Crippen LogP contribution in [0.2, 0.25) is 0 Å².